The summed E-state index contributed by atoms with van der Waals surface area (Å²) in [4.78, 5) is 9.03. The fourth-order valence-electron chi connectivity index (χ4n) is 2.88. The van der Waals surface area contributed by atoms with Crippen molar-refractivity contribution >= 4 is 0 Å². The van der Waals surface area contributed by atoms with Crippen molar-refractivity contribution in [3.05, 3.63) is 0 Å². The van der Waals surface area contributed by atoms with Crippen LogP contribution >= 0.6 is 0 Å². The van der Waals surface area contributed by atoms with Crippen molar-refractivity contribution in [2.24, 2.45) is 0 Å². The Kier molecular flexibility index (Phi) is 17.0. The minimum Gasteiger partial charge on any atom is -0.395 e. The predicted octanol–water partition coefficient (Wildman–Crippen LogP) is -0.769. The summed E-state index contributed by atoms with van der Waals surface area (Å²) in [6.45, 7) is 9.09. The van der Waals surface area contributed by atoms with E-state index < -0.39 is 0 Å². The van der Waals surface area contributed by atoms with Gasteiger partial charge in [0.05, 0.1) is 19.8 Å². The summed E-state index contributed by atoms with van der Waals surface area (Å²) in [5, 5.41) is 26.9. The molecule has 0 rings (SSSR count). The van der Waals surface area contributed by atoms with E-state index in [1.165, 1.54) is 0 Å². The van der Waals surface area contributed by atoms with E-state index in [1.54, 1.807) is 0 Å². The number of aliphatic hydroxyl groups is 3. The van der Waals surface area contributed by atoms with Crippen molar-refractivity contribution in [1.29, 1.82) is 0 Å². The van der Waals surface area contributed by atoms with E-state index >= 15 is 0 Å². The van der Waals surface area contributed by atoms with Crippen LogP contribution in [0.25, 0.3) is 0 Å². The van der Waals surface area contributed by atoms with Gasteiger partial charge in [-0.2, -0.15) is 0 Å². The Morgan fingerprint density at radius 1 is 0.440 bits per heavy atom. The first kappa shape index (κ1) is 24.7. The molecule has 0 heterocycles. The lowest BCUT2D eigenvalue weighted by Gasteiger charge is -2.26. The second kappa shape index (κ2) is 17.1. The van der Waals surface area contributed by atoms with Crippen molar-refractivity contribution in [3.63, 3.8) is 0 Å². The molecule has 0 atom stereocenters. The Morgan fingerprint density at radius 2 is 0.720 bits per heavy atom. The highest BCUT2D eigenvalue weighted by Crippen LogP contribution is 2.00. The van der Waals surface area contributed by atoms with Gasteiger partial charge in [0, 0.05) is 19.6 Å². The molecule has 0 saturated heterocycles. The number of hydrogen-bond acceptors (Lipinski definition) is 7. The van der Waals surface area contributed by atoms with Gasteiger partial charge in [-0.15, -0.1) is 0 Å². The molecule has 0 amide bonds. The lowest BCUT2D eigenvalue weighted by molar-refractivity contribution is 0.184. The first-order valence-electron chi connectivity index (χ1n) is 9.64. The highest BCUT2D eigenvalue weighted by molar-refractivity contribution is 4.64. The van der Waals surface area contributed by atoms with Gasteiger partial charge in [-0.25, -0.2) is 0 Å². The highest BCUT2D eigenvalue weighted by Gasteiger charge is 2.08. The summed E-state index contributed by atoms with van der Waals surface area (Å²) < 4.78 is 0. The Morgan fingerprint density at radius 3 is 0.960 bits per heavy atom. The van der Waals surface area contributed by atoms with Crippen molar-refractivity contribution in [2.45, 2.75) is 19.3 Å². The van der Waals surface area contributed by atoms with E-state index in [1.807, 2.05) is 21.1 Å². The van der Waals surface area contributed by atoms with Crippen molar-refractivity contribution in [1.82, 2.24) is 19.6 Å². The molecule has 7 heteroatoms. The van der Waals surface area contributed by atoms with E-state index in [-0.39, 0.29) is 19.8 Å². The molecule has 0 aromatic carbocycles. The molecule has 0 aromatic heterocycles. The van der Waals surface area contributed by atoms with E-state index in [2.05, 4.69) is 19.6 Å². The smallest absolute Gasteiger partial charge is 0.0558 e. The Bertz CT molecular complexity index is 242. The molecular weight excluding hydrogens is 320 g/mol. The average molecular weight is 363 g/mol. The van der Waals surface area contributed by atoms with Crippen LogP contribution < -0.4 is 0 Å². The average Bonchev–Trinajstić information content (AvgIpc) is 2.55. The third kappa shape index (κ3) is 15.7. The number of hydrogen-bond donors (Lipinski definition) is 3. The van der Waals surface area contributed by atoms with Crippen LogP contribution in [0.4, 0.5) is 0 Å². The first-order chi connectivity index (χ1) is 12.0. The van der Waals surface area contributed by atoms with Crippen LogP contribution in [0.5, 0.6) is 0 Å². The Labute approximate surface area is 154 Å². The summed E-state index contributed by atoms with van der Waals surface area (Å²) in [7, 11) is 6.15. The Hall–Kier alpha value is -0.280. The molecule has 0 radical (unpaired) electrons. The normalized spacial score (nSPS) is 12.2. The van der Waals surface area contributed by atoms with Crippen LogP contribution in [0.15, 0.2) is 0 Å². The minimum atomic E-state index is 0.217. The largest absolute Gasteiger partial charge is 0.395 e. The minimum absolute atomic E-state index is 0.217. The number of aliphatic hydroxyl groups excluding tert-OH is 3. The lowest BCUT2D eigenvalue weighted by Crippen LogP contribution is -2.34. The zero-order valence-electron chi connectivity index (χ0n) is 16.7. The molecule has 0 saturated carbocycles. The van der Waals surface area contributed by atoms with Crippen LogP contribution in [0.2, 0.25) is 0 Å². The molecule has 0 fully saturated rings. The Balaban J connectivity index is 4.11. The van der Waals surface area contributed by atoms with Crippen LogP contribution in [0.3, 0.4) is 0 Å². The monoisotopic (exact) mass is 362 g/mol. The van der Waals surface area contributed by atoms with E-state index in [0.29, 0.717) is 0 Å². The van der Waals surface area contributed by atoms with Crippen molar-refractivity contribution in [3.8, 4) is 0 Å². The van der Waals surface area contributed by atoms with Gasteiger partial charge in [0.25, 0.3) is 0 Å². The van der Waals surface area contributed by atoms with Crippen LogP contribution in [-0.4, -0.2) is 135 Å². The molecule has 0 aliphatic heterocycles. The van der Waals surface area contributed by atoms with E-state index in [0.717, 1.165) is 78.2 Å². The molecular formula is C18H42N4O3. The number of rotatable bonds is 18. The van der Waals surface area contributed by atoms with Crippen molar-refractivity contribution < 1.29 is 15.3 Å². The SMILES string of the molecule is CN(CCO)CCCN(CCCN(C)CCO)CCCN(C)CCO. The van der Waals surface area contributed by atoms with Gasteiger partial charge in [0.1, 0.15) is 0 Å². The van der Waals surface area contributed by atoms with E-state index in [4.69, 9.17) is 15.3 Å². The maximum absolute atomic E-state index is 8.97. The maximum Gasteiger partial charge on any atom is 0.0558 e. The molecule has 3 N–H and O–H groups in total. The summed E-state index contributed by atoms with van der Waals surface area (Å²) in [5.74, 6) is 0. The molecule has 25 heavy (non-hydrogen) atoms. The second-order valence-corrected chi connectivity index (χ2v) is 6.98. The van der Waals surface area contributed by atoms with Gasteiger partial charge >= 0.3 is 0 Å². The molecule has 0 bridgehead atoms. The lowest BCUT2D eigenvalue weighted by atomic mass is 10.2. The fourth-order valence-corrected chi connectivity index (χ4v) is 2.88. The fraction of sp³-hybridized carbons (Fsp3) is 1.00. The third-order valence-corrected chi connectivity index (χ3v) is 4.49. The predicted molar refractivity (Wildman–Crippen MR) is 104 cm³/mol. The standard InChI is InChI=1S/C18H42N4O3/c1-19(13-16-23)7-4-10-22(11-5-8-20(2)14-17-24)12-6-9-21(3)15-18-25/h23-25H,4-18H2,1-3H3. The quantitative estimate of drug-likeness (QED) is 0.296. The van der Waals surface area contributed by atoms with Crippen LogP contribution in [0, 0.1) is 0 Å². The topological polar surface area (TPSA) is 73.7 Å². The van der Waals surface area contributed by atoms with Gasteiger partial charge in [-0.05, 0) is 79.7 Å². The summed E-state index contributed by atoms with van der Waals surface area (Å²) >= 11 is 0. The highest BCUT2D eigenvalue weighted by atomic mass is 16.3. The molecule has 7 nitrogen and oxygen atoms in total. The summed E-state index contributed by atoms with van der Waals surface area (Å²) in [6, 6.07) is 0. The molecule has 0 aliphatic carbocycles. The first-order valence-corrected chi connectivity index (χ1v) is 9.64. The second-order valence-electron chi connectivity index (χ2n) is 6.98. The van der Waals surface area contributed by atoms with Crippen LogP contribution in [0.1, 0.15) is 19.3 Å². The number of nitrogens with zero attached hydrogens (tertiary/aromatic N) is 4. The van der Waals surface area contributed by atoms with E-state index in [9.17, 15) is 0 Å². The third-order valence-electron chi connectivity index (χ3n) is 4.49. The van der Waals surface area contributed by atoms with Crippen molar-refractivity contribution in [2.75, 3.05) is 99.9 Å². The van der Waals surface area contributed by atoms with Gasteiger partial charge in [-0.1, -0.05) is 0 Å². The molecule has 0 spiro atoms. The van der Waals surface area contributed by atoms with Crippen LogP contribution in [-0.2, 0) is 0 Å². The van der Waals surface area contributed by atoms with Gasteiger partial charge in [0.15, 0.2) is 0 Å². The molecule has 152 valence electrons. The maximum atomic E-state index is 8.97. The molecule has 0 unspecified atom stereocenters. The molecule has 0 aromatic rings. The zero-order chi connectivity index (χ0) is 18.9. The van der Waals surface area contributed by atoms with Gasteiger partial charge in [-0.3, -0.25) is 0 Å². The molecule has 0 aliphatic rings. The van der Waals surface area contributed by atoms with Gasteiger partial charge < -0.3 is 34.9 Å². The van der Waals surface area contributed by atoms with Gasteiger partial charge in [0.2, 0.25) is 0 Å². The summed E-state index contributed by atoms with van der Waals surface area (Å²) in [6.07, 6.45) is 3.32. The number of likely N-dealkylation sites (N-methyl/N-ethyl adjacent to an activating group) is 3. The zero-order valence-corrected chi connectivity index (χ0v) is 16.7. The summed E-state index contributed by atoms with van der Waals surface area (Å²) in [5.41, 5.74) is 0.